The number of rotatable bonds is 4. The van der Waals surface area contributed by atoms with Crippen LogP contribution in [-0.4, -0.2) is 49.2 Å². The molecule has 1 aromatic rings. The molecule has 0 spiro atoms. The van der Waals surface area contributed by atoms with Gasteiger partial charge in [0.2, 0.25) is 0 Å². The first-order valence-electron chi connectivity index (χ1n) is 8.66. The predicted molar refractivity (Wildman–Crippen MR) is 106 cm³/mol. The van der Waals surface area contributed by atoms with E-state index in [1.165, 1.54) is 19.3 Å². The highest BCUT2D eigenvalue weighted by Gasteiger charge is 2.39. The van der Waals surface area contributed by atoms with E-state index < -0.39 is 0 Å². The molecule has 5 nitrogen and oxygen atoms in total. The van der Waals surface area contributed by atoms with Gasteiger partial charge in [0.1, 0.15) is 0 Å². The highest BCUT2D eigenvalue weighted by Crippen LogP contribution is 2.30. The molecule has 1 aromatic carbocycles. The van der Waals surface area contributed by atoms with E-state index >= 15 is 0 Å². The van der Waals surface area contributed by atoms with Crippen LogP contribution < -0.4 is 11.1 Å². The quantitative estimate of drug-likeness (QED) is 0.776. The average Bonchev–Trinajstić information content (AvgIpc) is 2.61. The Morgan fingerprint density at radius 2 is 1.84 bits per heavy atom. The zero-order valence-electron chi connectivity index (χ0n) is 14.5. The Morgan fingerprint density at radius 1 is 1.16 bits per heavy atom. The Labute approximate surface area is 162 Å². The number of carbonyl (C=O) groups excluding carboxylic acids is 1. The second-order valence-electron chi connectivity index (χ2n) is 6.69. The molecule has 3 rings (SSSR count). The maximum Gasteiger partial charge on any atom is 0.251 e. The number of nitrogens with one attached hydrogen (secondary N) is 1. The Bertz CT molecular complexity index is 545. The molecule has 2 aliphatic rings. The number of likely N-dealkylation sites (tertiary alicyclic amines) is 1. The van der Waals surface area contributed by atoms with Crippen molar-refractivity contribution in [3.8, 4) is 0 Å². The van der Waals surface area contributed by atoms with Crippen molar-refractivity contribution >= 4 is 36.4 Å². The maximum absolute atomic E-state index is 12.4. The fourth-order valence-electron chi connectivity index (χ4n) is 3.75. The lowest BCUT2D eigenvalue weighted by atomic mass is 9.86. The third-order valence-electron chi connectivity index (χ3n) is 5.18. The monoisotopic (exact) mass is 389 g/mol. The van der Waals surface area contributed by atoms with Gasteiger partial charge < -0.3 is 15.8 Å². The van der Waals surface area contributed by atoms with Crippen molar-refractivity contribution in [2.45, 2.75) is 37.6 Å². The van der Waals surface area contributed by atoms with Crippen molar-refractivity contribution < 1.29 is 9.53 Å². The number of nitrogens with zero attached hydrogens (tertiary/aromatic N) is 1. The lowest BCUT2D eigenvalue weighted by Crippen LogP contribution is -2.59. The van der Waals surface area contributed by atoms with Gasteiger partial charge in [-0.1, -0.05) is 12.5 Å². The van der Waals surface area contributed by atoms with Gasteiger partial charge in [-0.05, 0) is 57.0 Å². The van der Waals surface area contributed by atoms with Crippen LogP contribution in [0.3, 0.4) is 0 Å². The summed E-state index contributed by atoms with van der Waals surface area (Å²) in [6.45, 7) is 4.52. The van der Waals surface area contributed by atoms with Gasteiger partial charge >= 0.3 is 0 Å². The first-order chi connectivity index (χ1) is 11.2. The van der Waals surface area contributed by atoms with E-state index in [-0.39, 0.29) is 36.3 Å². The van der Waals surface area contributed by atoms with Crippen LogP contribution in [0.2, 0.25) is 0 Å². The van der Waals surface area contributed by atoms with Crippen LogP contribution >= 0.6 is 24.8 Å². The van der Waals surface area contributed by atoms with E-state index in [2.05, 4.69) is 10.2 Å². The number of hydrogen-bond acceptors (Lipinski definition) is 4. The van der Waals surface area contributed by atoms with E-state index in [0.717, 1.165) is 39.1 Å². The van der Waals surface area contributed by atoms with Crippen molar-refractivity contribution in [1.29, 1.82) is 0 Å². The molecule has 2 fully saturated rings. The molecule has 0 atom stereocenters. The molecular formula is C18H29Cl2N3O2. The van der Waals surface area contributed by atoms with Gasteiger partial charge in [-0.25, -0.2) is 0 Å². The van der Waals surface area contributed by atoms with Crippen LogP contribution in [0.1, 0.15) is 42.5 Å². The van der Waals surface area contributed by atoms with Crippen LogP contribution in [0.25, 0.3) is 0 Å². The number of hydrogen-bond donors (Lipinski definition) is 2. The van der Waals surface area contributed by atoms with Crippen LogP contribution in [-0.2, 0) is 4.74 Å². The van der Waals surface area contributed by atoms with E-state index in [1.807, 2.05) is 12.1 Å². The summed E-state index contributed by atoms with van der Waals surface area (Å²) in [5.74, 6) is -0.0415. The highest BCUT2D eigenvalue weighted by molar-refractivity contribution is 5.95. The number of ether oxygens (including phenoxy) is 1. The van der Waals surface area contributed by atoms with Gasteiger partial charge in [-0.15, -0.1) is 24.8 Å². The molecule has 2 saturated heterocycles. The minimum atomic E-state index is -0.0415. The lowest BCUT2D eigenvalue weighted by Gasteiger charge is -2.48. The zero-order valence-corrected chi connectivity index (χ0v) is 16.2. The van der Waals surface area contributed by atoms with Crippen molar-refractivity contribution in [1.82, 2.24) is 10.2 Å². The van der Waals surface area contributed by atoms with Gasteiger partial charge in [0.05, 0.1) is 0 Å². The Kier molecular flexibility index (Phi) is 9.00. The summed E-state index contributed by atoms with van der Waals surface area (Å²) < 4.78 is 5.57. The van der Waals surface area contributed by atoms with E-state index in [9.17, 15) is 4.79 Å². The molecule has 2 aliphatic heterocycles. The number of carbonyl (C=O) groups is 1. The van der Waals surface area contributed by atoms with Crippen LogP contribution in [0.5, 0.6) is 0 Å². The molecule has 0 aliphatic carbocycles. The summed E-state index contributed by atoms with van der Waals surface area (Å²) in [5.41, 5.74) is 7.07. The normalized spacial score (nSPS) is 20.0. The minimum absolute atomic E-state index is 0. The molecule has 0 aromatic heterocycles. The van der Waals surface area contributed by atoms with Crippen LogP contribution in [0.4, 0.5) is 5.69 Å². The number of nitrogens with two attached hydrogens (primary N) is 1. The Balaban J connectivity index is 0.00000156. The molecule has 142 valence electrons. The highest BCUT2D eigenvalue weighted by atomic mass is 35.5. The summed E-state index contributed by atoms with van der Waals surface area (Å²) in [6, 6.07) is 7.15. The fourth-order valence-corrected chi connectivity index (χ4v) is 3.75. The average molecular weight is 390 g/mol. The number of halogens is 2. The smallest absolute Gasteiger partial charge is 0.251 e. The fraction of sp³-hybridized carbons (Fsp3) is 0.611. The van der Waals surface area contributed by atoms with E-state index in [1.54, 1.807) is 12.1 Å². The van der Waals surface area contributed by atoms with Gasteiger partial charge in [0.15, 0.2) is 0 Å². The first-order valence-corrected chi connectivity index (χ1v) is 8.66. The number of nitrogen functional groups attached to an aromatic ring is 1. The molecule has 0 unspecified atom stereocenters. The second-order valence-corrected chi connectivity index (χ2v) is 6.69. The third kappa shape index (κ3) is 5.48. The Morgan fingerprint density at radius 3 is 2.48 bits per heavy atom. The molecule has 0 bridgehead atoms. The van der Waals surface area contributed by atoms with Gasteiger partial charge in [-0.3, -0.25) is 9.69 Å². The largest absolute Gasteiger partial charge is 0.399 e. The summed E-state index contributed by atoms with van der Waals surface area (Å²) in [7, 11) is 0. The first kappa shape index (κ1) is 22.0. The lowest BCUT2D eigenvalue weighted by molar-refractivity contribution is -0.0349. The summed E-state index contributed by atoms with van der Waals surface area (Å²) in [6.07, 6.45) is 5.81. The van der Waals surface area contributed by atoms with E-state index in [4.69, 9.17) is 10.5 Å². The van der Waals surface area contributed by atoms with Gasteiger partial charge in [0.25, 0.3) is 5.91 Å². The topological polar surface area (TPSA) is 67.6 Å². The summed E-state index contributed by atoms with van der Waals surface area (Å²) >= 11 is 0. The molecular weight excluding hydrogens is 361 g/mol. The molecule has 25 heavy (non-hydrogen) atoms. The molecule has 7 heteroatoms. The molecule has 0 saturated carbocycles. The van der Waals surface area contributed by atoms with Crippen molar-refractivity contribution in [2.24, 2.45) is 0 Å². The maximum atomic E-state index is 12.4. The SMILES string of the molecule is Cl.Cl.Nc1cccc(C(=O)NCC2(N3CCCCC3)CCOCC2)c1. The standard InChI is InChI=1S/C18H27N3O2.2ClH/c19-16-6-4-5-15(13-16)17(22)20-14-18(7-11-23-12-8-18)21-9-2-1-3-10-21;;/h4-6,13H,1-3,7-12,14,19H2,(H,20,22);2*1H. The number of piperidine rings is 1. The predicted octanol–water partition coefficient (Wildman–Crippen LogP) is 2.88. The van der Waals surface area contributed by atoms with Crippen LogP contribution in [0, 0.1) is 0 Å². The summed E-state index contributed by atoms with van der Waals surface area (Å²) in [4.78, 5) is 15.0. The molecule has 3 N–H and O–H groups in total. The number of anilines is 1. The zero-order chi connectivity index (χ0) is 16.1. The van der Waals surface area contributed by atoms with Crippen LogP contribution in [0.15, 0.2) is 24.3 Å². The van der Waals surface area contributed by atoms with Crippen molar-refractivity contribution in [2.75, 3.05) is 38.6 Å². The van der Waals surface area contributed by atoms with Gasteiger partial charge in [-0.2, -0.15) is 0 Å². The molecule has 1 amide bonds. The second kappa shape index (κ2) is 10.2. The van der Waals surface area contributed by atoms with Crippen molar-refractivity contribution in [3.63, 3.8) is 0 Å². The molecule has 0 radical (unpaired) electrons. The molecule has 2 heterocycles. The third-order valence-corrected chi connectivity index (χ3v) is 5.18. The summed E-state index contributed by atoms with van der Waals surface area (Å²) in [5, 5.41) is 3.14. The van der Waals surface area contributed by atoms with Crippen molar-refractivity contribution in [3.05, 3.63) is 29.8 Å². The Hall–Kier alpha value is -1.01. The number of amides is 1. The minimum Gasteiger partial charge on any atom is -0.399 e. The van der Waals surface area contributed by atoms with Gasteiger partial charge in [0, 0.05) is 36.5 Å². The number of benzene rings is 1. The van der Waals surface area contributed by atoms with E-state index in [0.29, 0.717) is 17.8 Å².